The number of hydrogen-bond acceptors (Lipinski definition) is 3. The van der Waals surface area contributed by atoms with Crippen LogP contribution in [0.25, 0.3) is 0 Å². The van der Waals surface area contributed by atoms with Crippen molar-refractivity contribution in [2.45, 2.75) is 50.6 Å². The Balaban J connectivity index is 1.21. The highest BCUT2D eigenvalue weighted by Crippen LogP contribution is 2.41. The Kier molecular flexibility index (Phi) is 4.43. The van der Waals surface area contributed by atoms with Crippen LogP contribution in [0.5, 0.6) is 0 Å². The molecular weight excluding hydrogens is 338 g/mol. The lowest BCUT2D eigenvalue weighted by Gasteiger charge is -2.37. The Hall–Kier alpha value is -1.88. The van der Waals surface area contributed by atoms with E-state index in [-0.39, 0.29) is 11.8 Å². The van der Waals surface area contributed by atoms with Crippen LogP contribution >= 0.6 is 0 Å². The van der Waals surface area contributed by atoms with Crippen molar-refractivity contribution in [3.8, 4) is 0 Å². The lowest BCUT2D eigenvalue weighted by Crippen LogP contribution is -2.53. The molecule has 1 heterocycles. The molecule has 5 heteroatoms. The van der Waals surface area contributed by atoms with Crippen molar-refractivity contribution in [2.75, 3.05) is 32.7 Å². The summed E-state index contributed by atoms with van der Waals surface area (Å²) in [5, 5.41) is 0. The van der Waals surface area contributed by atoms with E-state index < -0.39 is 0 Å². The van der Waals surface area contributed by atoms with Crippen LogP contribution in [0.3, 0.4) is 0 Å². The van der Waals surface area contributed by atoms with E-state index in [0.717, 1.165) is 25.7 Å². The first-order valence-corrected chi connectivity index (χ1v) is 10.6. The zero-order chi connectivity index (χ0) is 18.4. The van der Waals surface area contributed by atoms with E-state index in [1.54, 1.807) is 0 Å². The first kappa shape index (κ1) is 17.2. The number of benzene rings is 1. The average Bonchev–Trinajstić information content (AvgIpc) is 3.62. The van der Waals surface area contributed by atoms with Crippen LogP contribution in [0.2, 0.25) is 0 Å². The molecule has 27 heavy (non-hydrogen) atoms. The second-order valence-corrected chi connectivity index (χ2v) is 8.64. The van der Waals surface area contributed by atoms with Gasteiger partial charge in [-0.05, 0) is 49.7 Å². The van der Waals surface area contributed by atoms with Gasteiger partial charge in [-0.1, -0.05) is 24.3 Å². The molecule has 0 unspecified atom stereocenters. The monoisotopic (exact) mass is 367 g/mol. The van der Waals surface area contributed by atoms with Crippen molar-refractivity contribution in [3.63, 3.8) is 0 Å². The molecule has 2 amide bonds. The van der Waals surface area contributed by atoms with Gasteiger partial charge in [0.15, 0.2) is 0 Å². The molecule has 0 N–H and O–H groups in total. The van der Waals surface area contributed by atoms with Gasteiger partial charge >= 0.3 is 0 Å². The van der Waals surface area contributed by atoms with Gasteiger partial charge in [-0.15, -0.1) is 0 Å². The fourth-order valence-corrected chi connectivity index (χ4v) is 4.80. The molecule has 1 aliphatic heterocycles. The topological polar surface area (TPSA) is 43.9 Å². The van der Waals surface area contributed by atoms with Crippen molar-refractivity contribution in [3.05, 3.63) is 35.4 Å². The third kappa shape index (κ3) is 3.49. The average molecular weight is 367 g/mol. The first-order valence-electron chi connectivity index (χ1n) is 10.6. The van der Waals surface area contributed by atoms with Crippen molar-refractivity contribution in [1.82, 2.24) is 14.7 Å². The van der Waals surface area contributed by atoms with E-state index in [2.05, 4.69) is 29.2 Å². The molecule has 3 aliphatic carbocycles. The van der Waals surface area contributed by atoms with E-state index in [1.807, 2.05) is 9.80 Å². The molecule has 144 valence electrons. The minimum absolute atomic E-state index is 0.241. The van der Waals surface area contributed by atoms with Crippen LogP contribution in [-0.4, -0.2) is 65.3 Å². The zero-order valence-electron chi connectivity index (χ0n) is 16.0. The van der Waals surface area contributed by atoms with Crippen LogP contribution in [0.1, 0.15) is 49.3 Å². The van der Waals surface area contributed by atoms with Gasteiger partial charge in [-0.25, -0.2) is 0 Å². The summed E-state index contributed by atoms with van der Waals surface area (Å²) in [6.07, 6.45) is 6.80. The summed E-state index contributed by atoms with van der Waals surface area (Å²) in [6.45, 7) is 3.32. The maximum Gasteiger partial charge on any atom is 0.236 e. The minimum Gasteiger partial charge on any atom is -0.339 e. The Bertz CT molecular complexity index is 733. The molecule has 0 aromatic heterocycles. The van der Waals surface area contributed by atoms with Gasteiger partial charge in [-0.3, -0.25) is 14.5 Å². The third-order valence-electron chi connectivity index (χ3n) is 6.71. The quantitative estimate of drug-likeness (QED) is 0.802. The predicted molar refractivity (Wildman–Crippen MR) is 103 cm³/mol. The van der Waals surface area contributed by atoms with Crippen LogP contribution in [0.15, 0.2) is 24.3 Å². The highest BCUT2D eigenvalue weighted by molar-refractivity contribution is 5.82. The summed E-state index contributed by atoms with van der Waals surface area (Å²) < 4.78 is 0. The van der Waals surface area contributed by atoms with Crippen LogP contribution in [0.4, 0.5) is 0 Å². The molecular formula is C22H29N3O2. The van der Waals surface area contributed by atoms with E-state index in [1.165, 1.54) is 24.0 Å². The summed E-state index contributed by atoms with van der Waals surface area (Å²) in [6, 6.07) is 9.70. The number of aryl methyl sites for hydroxylation is 1. The van der Waals surface area contributed by atoms with Gasteiger partial charge in [0.25, 0.3) is 0 Å². The predicted octanol–water partition coefficient (Wildman–Crippen LogP) is 2.22. The highest BCUT2D eigenvalue weighted by atomic mass is 16.2. The van der Waals surface area contributed by atoms with Crippen molar-refractivity contribution in [1.29, 1.82) is 0 Å². The molecule has 5 rings (SSSR count). The van der Waals surface area contributed by atoms with Gasteiger partial charge in [-0.2, -0.15) is 0 Å². The Morgan fingerprint density at radius 3 is 2.33 bits per heavy atom. The Morgan fingerprint density at radius 2 is 1.63 bits per heavy atom. The maximum atomic E-state index is 13.0. The number of carbonyl (C=O) groups is 2. The smallest absolute Gasteiger partial charge is 0.236 e. The van der Waals surface area contributed by atoms with E-state index in [4.69, 9.17) is 0 Å². The first-order chi connectivity index (χ1) is 13.2. The number of fused-ring (bicyclic) bond motifs is 1. The molecule has 0 radical (unpaired) electrons. The van der Waals surface area contributed by atoms with Gasteiger partial charge < -0.3 is 9.80 Å². The molecule has 4 aliphatic rings. The lowest BCUT2D eigenvalue weighted by atomic mass is 10.1. The fraction of sp³-hybridized carbons (Fsp3) is 0.636. The molecule has 5 nitrogen and oxygen atoms in total. The molecule has 1 atom stereocenters. The molecule has 2 saturated carbocycles. The molecule has 1 saturated heterocycles. The normalized spacial score (nSPS) is 25.0. The van der Waals surface area contributed by atoms with Crippen LogP contribution < -0.4 is 0 Å². The number of carbonyl (C=O) groups excluding carboxylic acids is 2. The summed E-state index contributed by atoms with van der Waals surface area (Å²) in [7, 11) is 0. The van der Waals surface area contributed by atoms with Gasteiger partial charge in [0.05, 0.1) is 6.54 Å². The van der Waals surface area contributed by atoms with Gasteiger partial charge in [0.2, 0.25) is 11.8 Å². The fourth-order valence-electron chi connectivity index (χ4n) is 4.80. The summed E-state index contributed by atoms with van der Waals surface area (Å²) in [4.78, 5) is 31.6. The van der Waals surface area contributed by atoms with E-state index >= 15 is 0 Å². The largest absolute Gasteiger partial charge is 0.339 e. The molecule has 3 fully saturated rings. The minimum atomic E-state index is 0.241. The summed E-state index contributed by atoms with van der Waals surface area (Å²) in [5.74, 6) is 0.828. The highest BCUT2D eigenvalue weighted by Gasteiger charge is 2.40. The number of nitrogens with zero attached hydrogens (tertiary/aromatic N) is 3. The molecule has 0 bridgehead atoms. The molecule has 0 spiro atoms. The van der Waals surface area contributed by atoms with Gasteiger partial charge in [0, 0.05) is 44.2 Å². The maximum absolute atomic E-state index is 13.0. The number of amides is 2. The number of rotatable bonds is 5. The van der Waals surface area contributed by atoms with Crippen molar-refractivity contribution >= 4 is 11.8 Å². The van der Waals surface area contributed by atoms with Crippen molar-refractivity contribution in [2.24, 2.45) is 5.92 Å². The molecule has 1 aromatic carbocycles. The Labute approximate surface area is 161 Å². The number of hydrogen-bond donors (Lipinski definition) is 0. The Morgan fingerprint density at radius 1 is 0.926 bits per heavy atom. The van der Waals surface area contributed by atoms with E-state index in [0.29, 0.717) is 50.7 Å². The van der Waals surface area contributed by atoms with Crippen molar-refractivity contribution < 1.29 is 9.59 Å². The van der Waals surface area contributed by atoms with Gasteiger partial charge in [0.1, 0.15) is 0 Å². The lowest BCUT2D eigenvalue weighted by molar-refractivity contribution is -0.141. The number of piperazine rings is 1. The summed E-state index contributed by atoms with van der Waals surface area (Å²) >= 11 is 0. The van der Waals surface area contributed by atoms with Crippen LogP contribution in [0, 0.1) is 5.92 Å². The molecule has 1 aromatic rings. The second kappa shape index (κ2) is 6.93. The summed E-state index contributed by atoms with van der Waals surface area (Å²) in [5.41, 5.74) is 2.88. The second-order valence-electron chi connectivity index (χ2n) is 8.64. The van der Waals surface area contributed by atoms with Crippen LogP contribution in [-0.2, 0) is 16.0 Å². The third-order valence-corrected chi connectivity index (χ3v) is 6.71. The standard InChI is InChI=1S/C22H29N3O2/c26-21(23-11-13-24(14-12-23)22(27)17-5-6-17)15-25(18-8-9-18)20-10-7-16-3-1-2-4-19(16)20/h1-4,17-18,20H,5-15H2/t20-/m0/s1. The SMILES string of the molecule is O=C(CN(C1CC1)[C@H]1CCc2ccccc21)N1CCN(C(=O)C2CC2)CC1. The van der Waals surface area contributed by atoms with E-state index in [9.17, 15) is 9.59 Å². The zero-order valence-corrected chi connectivity index (χ0v) is 16.0.